The van der Waals surface area contributed by atoms with Crippen molar-refractivity contribution in [1.82, 2.24) is 4.57 Å². The zero-order chi connectivity index (χ0) is 10.7. The minimum absolute atomic E-state index is 0.133. The lowest BCUT2D eigenvalue weighted by molar-refractivity contribution is 0.637. The van der Waals surface area contributed by atoms with E-state index in [0.29, 0.717) is 0 Å². The molecule has 0 fully saturated rings. The lowest BCUT2D eigenvalue weighted by Gasteiger charge is -2.04. The van der Waals surface area contributed by atoms with Gasteiger partial charge >= 0.3 is 0 Å². The van der Waals surface area contributed by atoms with Crippen LogP contribution in [0.1, 0.15) is 12.8 Å². The van der Waals surface area contributed by atoms with Gasteiger partial charge in [-0.1, -0.05) is 22.0 Å². The first-order chi connectivity index (χ1) is 7.33. The average Bonchev–Trinajstić information content (AvgIpc) is 2.64. The number of alkyl halides is 1. The molecule has 0 aliphatic heterocycles. The number of hydrogen-bond acceptors (Lipinski definition) is 0. The Labute approximate surface area is 97.0 Å². The van der Waals surface area contributed by atoms with Crippen molar-refractivity contribution < 1.29 is 4.39 Å². The fraction of sp³-hybridized carbons (Fsp3) is 0.333. The predicted octanol–water partition coefficient (Wildman–Crippen LogP) is 3.96. The maximum absolute atomic E-state index is 13.4. The molecule has 0 aliphatic carbocycles. The van der Waals surface area contributed by atoms with Crippen LogP contribution in [-0.2, 0) is 6.54 Å². The first-order valence-corrected chi connectivity index (χ1v) is 6.24. The van der Waals surface area contributed by atoms with Crippen molar-refractivity contribution in [3.05, 3.63) is 36.3 Å². The molecule has 2 aromatic rings. The van der Waals surface area contributed by atoms with Crippen molar-refractivity contribution in [2.24, 2.45) is 0 Å². The Balaban J connectivity index is 2.25. The maximum atomic E-state index is 13.4. The molecule has 0 bridgehead atoms. The summed E-state index contributed by atoms with van der Waals surface area (Å²) in [5.74, 6) is -0.133. The first kappa shape index (κ1) is 10.7. The second-order valence-corrected chi connectivity index (χ2v) is 4.37. The van der Waals surface area contributed by atoms with Crippen LogP contribution in [0.2, 0.25) is 0 Å². The summed E-state index contributed by atoms with van der Waals surface area (Å²) in [5, 5.41) is 1.75. The van der Waals surface area contributed by atoms with Crippen molar-refractivity contribution in [2.75, 3.05) is 5.33 Å². The molecule has 1 nitrogen and oxygen atoms in total. The molecule has 0 saturated carbocycles. The van der Waals surface area contributed by atoms with Crippen LogP contribution >= 0.6 is 15.9 Å². The SMILES string of the molecule is Fc1cccc2c1ccn2CCCCBr. The third-order valence-corrected chi connectivity index (χ3v) is 3.10. The summed E-state index contributed by atoms with van der Waals surface area (Å²) in [6.07, 6.45) is 4.22. The first-order valence-electron chi connectivity index (χ1n) is 5.12. The fourth-order valence-corrected chi connectivity index (χ4v) is 2.15. The molecular weight excluding hydrogens is 257 g/mol. The minimum Gasteiger partial charge on any atom is -0.347 e. The van der Waals surface area contributed by atoms with Gasteiger partial charge in [-0.05, 0) is 31.0 Å². The van der Waals surface area contributed by atoms with Crippen LogP contribution in [0.5, 0.6) is 0 Å². The number of hydrogen-bond donors (Lipinski definition) is 0. The summed E-state index contributed by atoms with van der Waals surface area (Å²) >= 11 is 3.41. The van der Waals surface area contributed by atoms with Crippen LogP contribution in [0, 0.1) is 5.82 Å². The lowest BCUT2D eigenvalue weighted by atomic mass is 10.2. The number of unbranched alkanes of at least 4 members (excludes halogenated alkanes) is 1. The molecule has 1 heterocycles. The number of aromatic nitrogens is 1. The molecule has 1 aromatic heterocycles. The highest BCUT2D eigenvalue weighted by atomic mass is 79.9. The Morgan fingerprint density at radius 1 is 1.20 bits per heavy atom. The van der Waals surface area contributed by atoms with E-state index in [1.165, 1.54) is 6.07 Å². The number of halogens is 2. The molecule has 80 valence electrons. The Kier molecular flexibility index (Phi) is 3.41. The number of aryl methyl sites for hydroxylation is 1. The number of nitrogens with zero attached hydrogens (tertiary/aromatic N) is 1. The van der Waals surface area contributed by atoms with Gasteiger partial charge in [-0.2, -0.15) is 0 Å². The Hall–Kier alpha value is -0.830. The Bertz CT molecular complexity index is 450. The third kappa shape index (κ3) is 2.23. The lowest BCUT2D eigenvalue weighted by Crippen LogP contribution is -1.96. The van der Waals surface area contributed by atoms with E-state index in [0.717, 1.165) is 35.6 Å². The average molecular weight is 270 g/mol. The molecule has 1 aromatic carbocycles. The quantitative estimate of drug-likeness (QED) is 0.585. The standard InChI is InChI=1S/C12H13BrFN/c13-7-1-2-8-15-9-6-10-11(14)4-3-5-12(10)15/h3-6,9H,1-2,7-8H2. The second-order valence-electron chi connectivity index (χ2n) is 3.58. The van der Waals surface area contributed by atoms with Crippen LogP contribution in [0.25, 0.3) is 10.9 Å². The summed E-state index contributed by atoms with van der Waals surface area (Å²) < 4.78 is 15.5. The maximum Gasteiger partial charge on any atom is 0.132 e. The summed E-state index contributed by atoms with van der Waals surface area (Å²) in [6.45, 7) is 0.957. The van der Waals surface area contributed by atoms with E-state index in [1.807, 2.05) is 18.3 Å². The normalized spacial score (nSPS) is 11.1. The summed E-state index contributed by atoms with van der Waals surface area (Å²) in [4.78, 5) is 0. The van der Waals surface area contributed by atoms with E-state index < -0.39 is 0 Å². The zero-order valence-corrected chi connectivity index (χ0v) is 10.0. The van der Waals surface area contributed by atoms with Gasteiger partial charge in [0.05, 0.1) is 5.52 Å². The molecule has 0 aliphatic rings. The topological polar surface area (TPSA) is 4.93 Å². The van der Waals surface area contributed by atoms with E-state index >= 15 is 0 Å². The van der Waals surface area contributed by atoms with Crippen molar-refractivity contribution in [2.45, 2.75) is 19.4 Å². The summed E-state index contributed by atoms with van der Waals surface area (Å²) in [7, 11) is 0. The summed E-state index contributed by atoms with van der Waals surface area (Å²) in [5.41, 5.74) is 0.990. The van der Waals surface area contributed by atoms with Crippen LogP contribution in [0.4, 0.5) is 4.39 Å². The van der Waals surface area contributed by atoms with Crippen molar-refractivity contribution in [3.63, 3.8) is 0 Å². The number of rotatable bonds is 4. The molecule has 3 heteroatoms. The molecule has 0 saturated heterocycles. The third-order valence-electron chi connectivity index (χ3n) is 2.54. The van der Waals surface area contributed by atoms with Gasteiger partial charge in [-0.15, -0.1) is 0 Å². The highest BCUT2D eigenvalue weighted by Gasteiger charge is 2.03. The largest absolute Gasteiger partial charge is 0.347 e. The van der Waals surface area contributed by atoms with Gasteiger partial charge in [0.2, 0.25) is 0 Å². The number of fused-ring (bicyclic) bond motifs is 1. The van der Waals surface area contributed by atoms with Gasteiger partial charge in [0.25, 0.3) is 0 Å². The van der Waals surface area contributed by atoms with Gasteiger partial charge in [0.1, 0.15) is 5.82 Å². The van der Waals surface area contributed by atoms with E-state index in [1.54, 1.807) is 6.07 Å². The van der Waals surface area contributed by atoms with E-state index in [4.69, 9.17) is 0 Å². The predicted molar refractivity (Wildman–Crippen MR) is 64.9 cm³/mol. The molecule has 0 unspecified atom stereocenters. The molecular formula is C12H13BrFN. The van der Waals surface area contributed by atoms with E-state index in [9.17, 15) is 4.39 Å². The van der Waals surface area contributed by atoms with Crippen LogP contribution < -0.4 is 0 Å². The Morgan fingerprint density at radius 3 is 2.87 bits per heavy atom. The van der Waals surface area contributed by atoms with Gasteiger partial charge < -0.3 is 4.57 Å². The van der Waals surface area contributed by atoms with Gasteiger partial charge in [0.15, 0.2) is 0 Å². The smallest absolute Gasteiger partial charge is 0.132 e. The molecule has 0 spiro atoms. The van der Waals surface area contributed by atoms with Crippen molar-refractivity contribution >= 4 is 26.8 Å². The van der Waals surface area contributed by atoms with E-state index in [2.05, 4.69) is 20.5 Å². The molecule has 0 atom stereocenters. The second kappa shape index (κ2) is 4.79. The monoisotopic (exact) mass is 269 g/mol. The van der Waals surface area contributed by atoms with Gasteiger partial charge in [0, 0.05) is 23.5 Å². The molecule has 0 amide bonds. The molecule has 15 heavy (non-hydrogen) atoms. The highest BCUT2D eigenvalue weighted by molar-refractivity contribution is 9.09. The minimum atomic E-state index is -0.133. The Morgan fingerprint density at radius 2 is 2.07 bits per heavy atom. The van der Waals surface area contributed by atoms with Crippen molar-refractivity contribution in [3.8, 4) is 0 Å². The van der Waals surface area contributed by atoms with Gasteiger partial charge in [-0.3, -0.25) is 0 Å². The van der Waals surface area contributed by atoms with E-state index in [-0.39, 0.29) is 5.82 Å². The molecule has 2 rings (SSSR count). The van der Waals surface area contributed by atoms with Crippen molar-refractivity contribution in [1.29, 1.82) is 0 Å². The number of benzene rings is 1. The highest BCUT2D eigenvalue weighted by Crippen LogP contribution is 2.19. The van der Waals surface area contributed by atoms with Crippen LogP contribution in [-0.4, -0.2) is 9.90 Å². The fourth-order valence-electron chi connectivity index (χ4n) is 1.76. The zero-order valence-electron chi connectivity index (χ0n) is 8.42. The summed E-state index contributed by atoms with van der Waals surface area (Å²) in [6, 6.07) is 7.08. The van der Waals surface area contributed by atoms with Crippen LogP contribution in [0.15, 0.2) is 30.5 Å². The van der Waals surface area contributed by atoms with Gasteiger partial charge in [-0.25, -0.2) is 4.39 Å². The molecule has 0 N–H and O–H groups in total. The molecule has 0 radical (unpaired) electrons. The van der Waals surface area contributed by atoms with Crippen LogP contribution in [0.3, 0.4) is 0 Å².